The van der Waals surface area contributed by atoms with E-state index in [1.54, 1.807) is 0 Å². The molecule has 1 saturated heterocycles. The van der Waals surface area contributed by atoms with Crippen LogP contribution in [0.5, 0.6) is 0 Å². The fraction of sp³-hybridized carbons (Fsp3) is 0.529. The number of hydrogen-bond acceptors (Lipinski definition) is 3. The van der Waals surface area contributed by atoms with E-state index in [1.807, 2.05) is 32.0 Å². The summed E-state index contributed by atoms with van der Waals surface area (Å²) < 4.78 is 0. The maximum atomic E-state index is 12.0. The van der Waals surface area contributed by atoms with Gasteiger partial charge in [-0.05, 0) is 51.8 Å². The maximum absolute atomic E-state index is 12.0. The fourth-order valence-corrected chi connectivity index (χ4v) is 2.85. The molecule has 0 radical (unpaired) electrons. The first kappa shape index (κ1) is 16.5. The summed E-state index contributed by atoms with van der Waals surface area (Å²) in [5.41, 5.74) is 2.84. The number of hydrogen-bond donors (Lipinski definition) is 2. The average molecular weight is 303 g/mol. The third-order valence-electron chi connectivity index (χ3n) is 4.17. The van der Waals surface area contributed by atoms with Gasteiger partial charge in [0.1, 0.15) is 0 Å². The average Bonchev–Trinajstić information content (AvgIpc) is 2.44. The maximum Gasteiger partial charge on any atom is 0.325 e. The molecular formula is C17H25N3O2. The third kappa shape index (κ3) is 4.56. The molecule has 1 heterocycles. The highest BCUT2D eigenvalue weighted by Gasteiger charge is 2.21. The molecule has 0 aliphatic carbocycles. The smallest absolute Gasteiger partial charge is 0.307 e. The minimum Gasteiger partial charge on any atom is -0.307 e. The topological polar surface area (TPSA) is 61.4 Å². The zero-order valence-electron chi connectivity index (χ0n) is 13.6. The highest BCUT2D eigenvalue weighted by molar-refractivity contribution is 6.02. The van der Waals surface area contributed by atoms with Crippen LogP contribution in [0.2, 0.25) is 0 Å². The Morgan fingerprint density at radius 3 is 2.73 bits per heavy atom. The van der Waals surface area contributed by atoms with Gasteiger partial charge in [-0.25, -0.2) is 4.79 Å². The van der Waals surface area contributed by atoms with Crippen LogP contribution in [0.3, 0.4) is 0 Å². The van der Waals surface area contributed by atoms with Crippen molar-refractivity contribution in [1.82, 2.24) is 10.2 Å². The SMILES string of the molecule is Cc1ccc(NC(=O)NC(=O)CN2CCCCC2C)c(C)c1. The number of imide groups is 1. The molecule has 1 unspecified atom stereocenters. The molecule has 1 atom stereocenters. The summed E-state index contributed by atoms with van der Waals surface area (Å²) in [5, 5.41) is 5.13. The van der Waals surface area contributed by atoms with Crippen LogP contribution in [0.15, 0.2) is 18.2 Å². The molecular weight excluding hydrogens is 278 g/mol. The Labute approximate surface area is 132 Å². The second-order valence-electron chi connectivity index (χ2n) is 6.14. The number of carbonyl (C=O) groups is 2. The van der Waals surface area contributed by atoms with E-state index < -0.39 is 6.03 Å². The normalized spacial score (nSPS) is 18.8. The van der Waals surface area contributed by atoms with Crippen LogP contribution in [0, 0.1) is 13.8 Å². The molecule has 1 aromatic rings. The van der Waals surface area contributed by atoms with E-state index in [1.165, 1.54) is 6.42 Å². The van der Waals surface area contributed by atoms with E-state index in [0.717, 1.165) is 36.2 Å². The highest BCUT2D eigenvalue weighted by Crippen LogP contribution is 2.16. The number of anilines is 1. The summed E-state index contributed by atoms with van der Waals surface area (Å²) in [6.07, 6.45) is 3.45. The molecule has 5 nitrogen and oxygen atoms in total. The van der Waals surface area contributed by atoms with Crippen LogP contribution in [-0.2, 0) is 4.79 Å². The molecule has 0 spiro atoms. The summed E-state index contributed by atoms with van der Waals surface area (Å²) in [6, 6.07) is 5.71. The number of rotatable bonds is 3. The summed E-state index contributed by atoms with van der Waals surface area (Å²) in [5.74, 6) is -0.254. The minimum absolute atomic E-state index is 0.254. The van der Waals surface area contributed by atoms with E-state index in [-0.39, 0.29) is 12.5 Å². The van der Waals surface area contributed by atoms with Gasteiger partial charge in [0.05, 0.1) is 6.54 Å². The zero-order valence-corrected chi connectivity index (χ0v) is 13.6. The molecule has 2 rings (SSSR count). The van der Waals surface area contributed by atoms with Crippen LogP contribution >= 0.6 is 0 Å². The lowest BCUT2D eigenvalue weighted by Gasteiger charge is -2.32. The van der Waals surface area contributed by atoms with Gasteiger partial charge in [0.2, 0.25) is 5.91 Å². The van der Waals surface area contributed by atoms with Crippen molar-refractivity contribution in [3.8, 4) is 0 Å². The number of urea groups is 1. The lowest BCUT2D eigenvalue weighted by atomic mass is 10.0. The van der Waals surface area contributed by atoms with Gasteiger partial charge in [-0.3, -0.25) is 15.0 Å². The Morgan fingerprint density at radius 1 is 1.27 bits per heavy atom. The predicted octanol–water partition coefficient (Wildman–Crippen LogP) is 2.83. The molecule has 0 saturated carbocycles. The second-order valence-corrected chi connectivity index (χ2v) is 6.14. The van der Waals surface area contributed by atoms with Gasteiger partial charge >= 0.3 is 6.03 Å². The quantitative estimate of drug-likeness (QED) is 0.902. The summed E-state index contributed by atoms with van der Waals surface area (Å²) in [4.78, 5) is 26.0. The molecule has 1 aliphatic heterocycles. The van der Waals surface area contributed by atoms with Gasteiger partial charge in [-0.1, -0.05) is 24.1 Å². The van der Waals surface area contributed by atoms with Crippen molar-refractivity contribution in [2.24, 2.45) is 0 Å². The monoisotopic (exact) mass is 303 g/mol. The lowest BCUT2D eigenvalue weighted by molar-refractivity contribution is -0.121. The van der Waals surface area contributed by atoms with Crippen molar-refractivity contribution in [2.45, 2.75) is 46.1 Å². The third-order valence-corrected chi connectivity index (χ3v) is 4.17. The molecule has 1 fully saturated rings. The molecule has 3 amide bonds. The van der Waals surface area contributed by atoms with Gasteiger partial charge in [0.15, 0.2) is 0 Å². The molecule has 1 aromatic carbocycles. The molecule has 5 heteroatoms. The Morgan fingerprint density at radius 2 is 2.05 bits per heavy atom. The van der Waals surface area contributed by atoms with Crippen molar-refractivity contribution in [1.29, 1.82) is 0 Å². The molecule has 2 N–H and O–H groups in total. The Kier molecular flexibility index (Phi) is 5.55. The number of piperidine rings is 1. The number of benzene rings is 1. The Hall–Kier alpha value is -1.88. The first-order chi connectivity index (χ1) is 10.5. The second kappa shape index (κ2) is 7.40. The fourth-order valence-electron chi connectivity index (χ4n) is 2.85. The number of amides is 3. The first-order valence-corrected chi connectivity index (χ1v) is 7.88. The van der Waals surface area contributed by atoms with Crippen molar-refractivity contribution in [3.63, 3.8) is 0 Å². The lowest BCUT2D eigenvalue weighted by Crippen LogP contribution is -2.46. The Bertz CT molecular complexity index is 557. The molecule has 1 aliphatic rings. The van der Waals surface area contributed by atoms with E-state index in [0.29, 0.717) is 6.04 Å². The van der Waals surface area contributed by atoms with E-state index in [2.05, 4.69) is 22.5 Å². The summed E-state index contributed by atoms with van der Waals surface area (Å²) in [6.45, 7) is 7.26. The molecule has 22 heavy (non-hydrogen) atoms. The zero-order chi connectivity index (χ0) is 16.1. The predicted molar refractivity (Wildman–Crippen MR) is 88.0 cm³/mol. The molecule has 0 bridgehead atoms. The Balaban J connectivity index is 1.84. The standard InChI is InChI=1S/C17H25N3O2/c1-12-7-8-15(13(2)10-12)18-17(22)19-16(21)11-20-9-5-4-6-14(20)3/h7-8,10,14H,4-6,9,11H2,1-3H3,(H2,18,19,21,22). The van der Waals surface area contributed by atoms with Gasteiger partial charge in [0.25, 0.3) is 0 Å². The van der Waals surface area contributed by atoms with Gasteiger partial charge in [-0.2, -0.15) is 0 Å². The van der Waals surface area contributed by atoms with Crippen molar-refractivity contribution < 1.29 is 9.59 Å². The minimum atomic E-state index is -0.471. The van der Waals surface area contributed by atoms with Crippen LogP contribution in [0.1, 0.15) is 37.3 Å². The largest absolute Gasteiger partial charge is 0.325 e. The number of aryl methyl sites for hydroxylation is 2. The van der Waals surface area contributed by atoms with E-state index in [4.69, 9.17) is 0 Å². The summed E-state index contributed by atoms with van der Waals surface area (Å²) in [7, 11) is 0. The summed E-state index contributed by atoms with van der Waals surface area (Å²) >= 11 is 0. The van der Waals surface area contributed by atoms with Crippen LogP contribution in [0.25, 0.3) is 0 Å². The van der Waals surface area contributed by atoms with Gasteiger partial charge in [0, 0.05) is 11.7 Å². The van der Waals surface area contributed by atoms with Crippen LogP contribution < -0.4 is 10.6 Å². The van der Waals surface area contributed by atoms with Gasteiger partial charge < -0.3 is 5.32 Å². The molecule has 0 aromatic heterocycles. The van der Waals surface area contributed by atoms with Crippen LogP contribution in [-0.4, -0.2) is 36.0 Å². The number of carbonyl (C=O) groups excluding carboxylic acids is 2. The van der Waals surface area contributed by atoms with Crippen LogP contribution in [0.4, 0.5) is 10.5 Å². The molecule has 120 valence electrons. The van der Waals surface area contributed by atoms with Crippen molar-refractivity contribution in [3.05, 3.63) is 29.3 Å². The number of nitrogens with zero attached hydrogens (tertiary/aromatic N) is 1. The van der Waals surface area contributed by atoms with Crippen molar-refractivity contribution >= 4 is 17.6 Å². The van der Waals surface area contributed by atoms with Crippen molar-refractivity contribution in [2.75, 3.05) is 18.4 Å². The first-order valence-electron chi connectivity index (χ1n) is 7.88. The van der Waals surface area contributed by atoms with Gasteiger partial charge in [-0.15, -0.1) is 0 Å². The van der Waals surface area contributed by atoms with E-state index in [9.17, 15) is 9.59 Å². The number of likely N-dealkylation sites (tertiary alicyclic amines) is 1. The number of nitrogens with one attached hydrogen (secondary N) is 2. The van der Waals surface area contributed by atoms with E-state index >= 15 is 0 Å². The highest BCUT2D eigenvalue weighted by atomic mass is 16.2.